The lowest BCUT2D eigenvalue weighted by Crippen LogP contribution is -2.18. The number of hydrogen-bond donors (Lipinski definition) is 2. The minimum absolute atomic E-state index is 0.298. The van der Waals surface area contributed by atoms with Crippen molar-refractivity contribution in [3.63, 3.8) is 0 Å². The summed E-state index contributed by atoms with van der Waals surface area (Å²) in [5.41, 5.74) is 0.724. The second-order valence-corrected chi connectivity index (χ2v) is 4.74. The van der Waals surface area contributed by atoms with E-state index >= 15 is 0 Å². The van der Waals surface area contributed by atoms with Gasteiger partial charge in [-0.1, -0.05) is 28.3 Å². The van der Waals surface area contributed by atoms with Crippen LogP contribution < -0.4 is 10.6 Å². The Bertz CT molecular complexity index is 562. The molecule has 6 nitrogen and oxygen atoms in total. The lowest BCUT2D eigenvalue weighted by molar-refractivity contribution is 0.198. The Morgan fingerprint density at radius 2 is 2.10 bits per heavy atom. The molecule has 0 atom stereocenters. The Labute approximate surface area is 126 Å². The molecule has 1 aromatic carbocycles. The highest BCUT2D eigenvalue weighted by Gasteiger charge is 2.07. The minimum Gasteiger partial charge on any atom is -0.406 e. The molecular formula is C12H14Cl2N4O2. The van der Waals surface area contributed by atoms with E-state index in [9.17, 15) is 0 Å². The lowest BCUT2D eigenvalue weighted by atomic mass is 10.3. The third-order valence-corrected chi connectivity index (χ3v) is 3.14. The first-order chi connectivity index (χ1) is 9.69. The van der Waals surface area contributed by atoms with Crippen LogP contribution in [-0.4, -0.2) is 30.5 Å². The monoisotopic (exact) mass is 316 g/mol. The molecule has 108 valence electrons. The first-order valence-corrected chi connectivity index (χ1v) is 6.68. The molecule has 0 unspecified atom stereocenters. The first-order valence-electron chi connectivity index (χ1n) is 5.93. The summed E-state index contributed by atoms with van der Waals surface area (Å²) in [7, 11) is 1.65. The largest absolute Gasteiger partial charge is 0.406 e. The Morgan fingerprint density at radius 1 is 1.25 bits per heavy atom. The molecule has 0 aliphatic carbocycles. The van der Waals surface area contributed by atoms with Gasteiger partial charge in [0.05, 0.1) is 23.2 Å². The van der Waals surface area contributed by atoms with Gasteiger partial charge in [-0.25, -0.2) is 0 Å². The van der Waals surface area contributed by atoms with Crippen molar-refractivity contribution in [1.82, 2.24) is 15.5 Å². The molecule has 0 bridgehead atoms. The number of benzene rings is 1. The average molecular weight is 317 g/mol. The summed E-state index contributed by atoms with van der Waals surface area (Å²) < 4.78 is 10.3. The van der Waals surface area contributed by atoms with E-state index in [1.165, 1.54) is 0 Å². The van der Waals surface area contributed by atoms with Crippen LogP contribution in [0.3, 0.4) is 0 Å². The molecule has 0 aliphatic heterocycles. The fraction of sp³-hybridized carbons (Fsp3) is 0.333. The summed E-state index contributed by atoms with van der Waals surface area (Å²) in [5, 5.41) is 14.8. The van der Waals surface area contributed by atoms with E-state index in [0.29, 0.717) is 41.6 Å². The molecule has 8 heteroatoms. The van der Waals surface area contributed by atoms with E-state index < -0.39 is 0 Å². The van der Waals surface area contributed by atoms with E-state index in [1.807, 2.05) is 0 Å². The van der Waals surface area contributed by atoms with Gasteiger partial charge in [0.15, 0.2) is 0 Å². The molecule has 2 N–H and O–H groups in total. The Kier molecular flexibility index (Phi) is 5.60. The number of nitrogens with one attached hydrogen (secondary N) is 2. The first kappa shape index (κ1) is 15.1. The number of halogens is 2. The van der Waals surface area contributed by atoms with Crippen molar-refractivity contribution >= 4 is 34.9 Å². The van der Waals surface area contributed by atoms with Crippen LogP contribution in [0.15, 0.2) is 22.6 Å². The molecule has 0 radical (unpaired) electrons. The number of methoxy groups -OCH3 is 1. The van der Waals surface area contributed by atoms with Gasteiger partial charge >= 0.3 is 6.01 Å². The van der Waals surface area contributed by atoms with Crippen LogP contribution in [-0.2, 0) is 11.3 Å². The third-order valence-electron chi connectivity index (χ3n) is 2.40. The van der Waals surface area contributed by atoms with Gasteiger partial charge in [-0.3, -0.25) is 0 Å². The third kappa shape index (κ3) is 4.35. The topological polar surface area (TPSA) is 72.2 Å². The van der Waals surface area contributed by atoms with Crippen molar-refractivity contribution < 1.29 is 9.15 Å². The summed E-state index contributed by atoms with van der Waals surface area (Å²) in [6, 6.07) is 5.45. The van der Waals surface area contributed by atoms with Gasteiger partial charge in [0.25, 0.3) is 0 Å². The van der Waals surface area contributed by atoms with Crippen molar-refractivity contribution in [3.05, 3.63) is 34.1 Å². The molecule has 0 saturated carbocycles. The van der Waals surface area contributed by atoms with Crippen molar-refractivity contribution in [2.24, 2.45) is 0 Å². The maximum absolute atomic E-state index is 5.92. The number of ether oxygens (including phenoxy) is 1. The van der Waals surface area contributed by atoms with Crippen LogP contribution >= 0.6 is 23.2 Å². The number of rotatable bonds is 7. The predicted octanol–water partition coefficient (Wildman–Crippen LogP) is 2.86. The number of aromatic nitrogens is 2. The van der Waals surface area contributed by atoms with Crippen molar-refractivity contribution in [2.75, 3.05) is 25.6 Å². The fourth-order valence-electron chi connectivity index (χ4n) is 1.44. The number of anilines is 2. The highest BCUT2D eigenvalue weighted by Crippen LogP contribution is 2.26. The van der Waals surface area contributed by atoms with Gasteiger partial charge in [0, 0.05) is 19.3 Å². The average Bonchev–Trinajstić information content (AvgIpc) is 2.87. The summed E-state index contributed by atoms with van der Waals surface area (Å²) in [5.74, 6) is 0.490. The van der Waals surface area contributed by atoms with Crippen LogP contribution in [0.2, 0.25) is 10.0 Å². The van der Waals surface area contributed by atoms with Crippen molar-refractivity contribution in [3.8, 4) is 0 Å². The summed E-state index contributed by atoms with van der Waals surface area (Å²) in [6.07, 6.45) is 0. The Hall–Kier alpha value is -1.34. The summed E-state index contributed by atoms with van der Waals surface area (Å²) >= 11 is 11.8. The second-order valence-electron chi connectivity index (χ2n) is 3.92. The Morgan fingerprint density at radius 3 is 2.85 bits per heavy atom. The van der Waals surface area contributed by atoms with E-state index in [2.05, 4.69) is 20.8 Å². The zero-order chi connectivity index (χ0) is 14.4. The summed E-state index contributed by atoms with van der Waals surface area (Å²) in [6.45, 7) is 1.83. The van der Waals surface area contributed by atoms with E-state index in [1.54, 1.807) is 25.3 Å². The van der Waals surface area contributed by atoms with Gasteiger partial charge in [-0.15, -0.1) is 5.10 Å². The Balaban J connectivity index is 1.90. The van der Waals surface area contributed by atoms with Crippen LogP contribution in [0, 0.1) is 0 Å². The van der Waals surface area contributed by atoms with E-state index in [4.69, 9.17) is 32.4 Å². The second kappa shape index (κ2) is 7.44. The highest BCUT2D eigenvalue weighted by atomic mass is 35.5. The molecule has 0 saturated heterocycles. The van der Waals surface area contributed by atoms with Gasteiger partial charge in [0.1, 0.15) is 0 Å². The molecule has 0 spiro atoms. The van der Waals surface area contributed by atoms with E-state index in [0.717, 1.165) is 5.69 Å². The van der Waals surface area contributed by atoms with Gasteiger partial charge < -0.3 is 19.8 Å². The van der Waals surface area contributed by atoms with Crippen LogP contribution in [0.5, 0.6) is 0 Å². The highest BCUT2D eigenvalue weighted by molar-refractivity contribution is 6.42. The molecule has 1 aromatic heterocycles. The molecule has 0 amide bonds. The zero-order valence-corrected chi connectivity index (χ0v) is 12.3. The SMILES string of the molecule is COCCNCc1nnc(Nc2ccc(Cl)c(Cl)c2)o1. The molecule has 0 aliphatic rings. The lowest BCUT2D eigenvalue weighted by Gasteiger charge is -2.02. The maximum Gasteiger partial charge on any atom is 0.320 e. The van der Waals surface area contributed by atoms with Gasteiger partial charge in [0.2, 0.25) is 5.89 Å². The molecule has 2 aromatic rings. The standard InChI is InChI=1S/C12H14Cl2N4O2/c1-19-5-4-15-7-11-17-18-12(20-11)16-8-2-3-9(13)10(14)6-8/h2-3,6,15H,4-5,7H2,1H3,(H,16,18). The molecular weight excluding hydrogens is 303 g/mol. The van der Waals surface area contributed by atoms with Crippen molar-refractivity contribution in [2.45, 2.75) is 6.54 Å². The summed E-state index contributed by atoms with van der Waals surface area (Å²) in [4.78, 5) is 0. The molecule has 0 fully saturated rings. The quantitative estimate of drug-likeness (QED) is 0.765. The number of hydrogen-bond acceptors (Lipinski definition) is 6. The van der Waals surface area contributed by atoms with Gasteiger partial charge in [-0.05, 0) is 18.2 Å². The predicted molar refractivity (Wildman–Crippen MR) is 77.6 cm³/mol. The van der Waals surface area contributed by atoms with Crippen LogP contribution in [0.25, 0.3) is 0 Å². The normalized spacial score (nSPS) is 10.8. The number of nitrogens with zero attached hydrogens (tertiary/aromatic N) is 2. The van der Waals surface area contributed by atoms with Gasteiger partial charge in [-0.2, -0.15) is 0 Å². The smallest absolute Gasteiger partial charge is 0.320 e. The molecule has 20 heavy (non-hydrogen) atoms. The van der Waals surface area contributed by atoms with E-state index in [-0.39, 0.29) is 0 Å². The zero-order valence-electron chi connectivity index (χ0n) is 10.8. The molecule has 1 heterocycles. The maximum atomic E-state index is 5.92. The van der Waals surface area contributed by atoms with Crippen LogP contribution in [0.1, 0.15) is 5.89 Å². The minimum atomic E-state index is 0.298. The van der Waals surface area contributed by atoms with Crippen molar-refractivity contribution in [1.29, 1.82) is 0 Å². The van der Waals surface area contributed by atoms with Crippen LogP contribution in [0.4, 0.5) is 11.7 Å². The molecule has 2 rings (SSSR count). The fourth-order valence-corrected chi connectivity index (χ4v) is 1.74.